The second-order valence-electron chi connectivity index (χ2n) is 4.65. The van der Waals surface area contributed by atoms with Crippen molar-refractivity contribution in [1.82, 2.24) is 5.32 Å². The Morgan fingerprint density at radius 3 is 2.72 bits per heavy atom. The van der Waals surface area contributed by atoms with Crippen molar-refractivity contribution >= 4 is 0 Å². The highest BCUT2D eigenvalue weighted by Gasteiger charge is 2.09. The van der Waals surface area contributed by atoms with Crippen molar-refractivity contribution in [2.75, 3.05) is 6.54 Å². The zero-order chi connectivity index (χ0) is 13.4. The lowest BCUT2D eigenvalue weighted by molar-refractivity contribution is 0.207. The molecule has 1 aromatic rings. The first-order valence-electron chi connectivity index (χ1n) is 6.83. The number of hydrogen-bond acceptors (Lipinski definition) is 2. The molecule has 3 heteroatoms. The van der Waals surface area contributed by atoms with Gasteiger partial charge in [-0.1, -0.05) is 20.3 Å². The Morgan fingerprint density at radius 1 is 1.28 bits per heavy atom. The van der Waals surface area contributed by atoms with Crippen LogP contribution in [0.25, 0.3) is 0 Å². The van der Waals surface area contributed by atoms with Crippen molar-refractivity contribution in [2.24, 2.45) is 0 Å². The van der Waals surface area contributed by atoms with Gasteiger partial charge in [0, 0.05) is 12.1 Å². The molecule has 0 saturated carbocycles. The lowest BCUT2D eigenvalue weighted by atomic mass is 10.1. The van der Waals surface area contributed by atoms with Crippen molar-refractivity contribution in [3.05, 3.63) is 29.6 Å². The van der Waals surface area contributed by atoms with Gasteiger partial charge in [0.2, 0.25) is 0 Å². The molecule has 1 rings (SSSR count). The van der Waals surface area contributed by atoms with Gasteiger partial charge in [-0.15, -0.1) is 0 Å². The van der Waals surface area contributed by atoms with Gasteiger partial charge in [-0.25, -0.2) is 4.39 Å². The molecule has 18 heavy (non-hydrogen) atoms. The summed E-state index contributed by atoms with van der Waals surface area (Å²) in [6.45, 7) is 7.88. The van der Waals surface area contributed by atoms with Crippen LogP contribution in [-0.2, 0) is 6.54 Å². The smallest absolute Gasteiger partial charge is 0.124 e. The minimum Gasteiger partial charge on any atom is -0.490 e. The average Bonchev–Trinajstić information content (AvgIpc) is 2.33. The maximum Gasteiger partial charge on any atom is 0.124 e. The van der Waals surface area contributed by atoms with E-state index in [0.29, 0.717) is 6.54 Å². The number of halogens is 1. The first-order chi connectivity index (χ1) is 8.67. The monoisotopic (exact) mass is 253 g/mol. The molecule has 0 heterocycles. The lowest BCUT2D eigenvalue weighted by Gasteiger charge is -2.17. The summed E-state index contributed by atoms with van der Waals surface area (Å²) in [5, 5.41) is 3.28. The van der Waals surface area contributed by atoms with Gasteiger partial charge in [-0.05, 0) is 44.5 Å². The molecular formula is C15H24FNO. The van der Waals surface area contributed by atoms with E-state index in [1.54, 1.807) is 12.1 Å². The van der Waals surface area contributed by atoms with Crippen LogP contribution in [0.2, 0.25) is 0 Å². The molecule has 1 N–H and O–H groups in total. The first kappa shape index (κ1) is 15.0. The SMILES string of the molecule is CCCNCc1cc(F)ccc1OC(C)CCC. The molecule has 0 bridgehead atoms. The van der Waals surface area contributed by atoms with Gasteiger partial charge in [-0.2, -0.15) is 0 Å². The molecule has 0 aliphatic heterocycles. The fraction of sp³-hybridized carbons (Fsp3) is 0.600. The van der Waals surface area contributed by atoms with E-state index in [0.717, 1.165) is 37.1 Å². The van der Waals surface area contributed by atoms with Crippen LogP contribution in [0.4, 0.5) is 4.39 Å². The van der Waals surface area contributed by atoms with Gasteiger partial charge >= 0.3 is 0 Å². The van der Waals surface area contributed by atoms with Crippen LogP contribution in [0.1, 0.15) is 45.6 Å². The number of benzene rings is 1. The Balaban J connectivity index is 2.69. The highest BCUT2D eigenvalue weighted by atomic mass is 19.1. The van der Waals surface area contributed by atoms with E-state index in [9.17, 15) is 4.39 Å². The summed E-state index contributed by atoms with van der Waals surface area (Å²) >= 11 is 0. The number of hydrogen-bond donors (Lipinski definition) is 1. The summed E-state index contributed by atoms with van der Waals surface area (Å²) in [5.74, 6) is 0.583. The van der Waals surface area contributed by atoms with Crippen molar-refractivity contribution in [2.45, 2.75) is 52.7 Å². The molecule has 0 aromatic heterocycles. The van der Waals surface area contributed by atoms with Crippen molar-refractivity contribution in [3.8, 4) is 5.75 Å². The van der Waals surface area contributed by atoms with Crippen LogP contribution in [0, 0.1) is 5.82 Å². The highest BCUT2D eigenvalue weighted by molar-refractivity contribution is 5.34. The van der Waals surface area contributed by atoms with E-state index in [4.69, 9.17) is 4.74 Å². The molecule has 0 aliphatic carbocycles. The fourth-order valence-corrected chi connectivity index (χ4v) is 1.88. The molecule has 0 aliphatic rings. The van der Waals surface area contributed by atoms with Crippen LogP contribution in [0.15, 0.2) is 18.2 Å². The minimum absolute atomic E-state index is 0.172. The molecule has 102 valence electrons. The number of ether oxygens (including phenoxy) is 1. The van der Waals surface area contributed by atoms with Gasteiger partial charge in [0.05, 0.1) is 6.10 Å². The zero-order valence-electron chi connectivity index (χ0n) is 11.6. The van der Waals surface area contributed by atoms with Gasteiger partial charge in [0.15, 0.2) is 0 Å². The highest BCUT2D eigenvalue weighted by Crippen LogP contribution is 2.22. The van der Waals surface area contributed by atoms with Crippen molar-refractivity contribution in [1.29, 1.82) is 0 Å². The third kappa shape index (κ3) is 5.05. The Kier molecular flexibility index (Phi) is 6.73. The molecule has 1 aromatic carbocycles. The Morgan fingerprint density at radius 2 is 2.06 bits per heavy atom. The molecule has 0 amide bonds. The normalized spacial score (nSPS) is 12.4. The molecule has 1 atom stereocenters. The largest absolute Gasteiger partial charge is 0.490 e. The summed E-state index contributed by atoms with van der Waals surface area (Å²) in [7, 11) is 0. The fourth-order valence-electron chi connectivity index (χ4n) is 1.88. The maximum absolute atomic E-state index is 13.3. The standard InChI is InChI=1S/C15H24FNO/c1-4-6-12(3)18-15-8-7-14(16)10-13(15)11-17-9-5-2/h7-8,10,12,17H,4-6,9,11H2,1-3H3. The van der Waals surface area contributed by atoms with Crippen molar-refractivity contribution < 1.29 is 9.13 Å². The molecule has 2 nitrogen and oxygen atoms in total. The molecular weight excluding hydrogens is 229 g/mol. The molecule has 0 spiro atoms. The predicted octanol–water partition coefficient (Wildman–Crippen LogP) is 3.89. The average molecular weight is 253 g/mol. The lowest BCUT2D eigenvalue weighted by Crippen LogP contribution is -2.17. The van der Waals surface area contributed by atoms with Crippen LogP contribution >= 0.6 is 0 Å². The first-order valence-corrected chi connectivity index (χ1v) is 6.83. The van der Waals surface area contributed by atoms with Crippen LogP contribution in [-0.4, -0.2) is 12.6 Å². The summed E-state index contributed by atoms with van der Waals surface area (Å²) in [4.78, 5) is 0. The second-order valence-corrected chi connectivity index (χ2v) is 4.65. The summed E-state index contributed by atoms with van der Waals surface area (Å²) in [6, 6.07) is 4.73. The molecule has 0 fully saturated rings. The van der Waals surface area contributed by atoms with Gasteiger partial charge in [-0.3, -0.25) is 0 Å². The van der Waals surface area contributed by atoms with E-state index in [1.165, 1.54) is 6.07 Å². The maximum atomic E-state index is 13.3. The summed E-state index contributed by atoms with van der Waals surface area (Å²) in [6.07, 6.45) is 3.34. The Hall–Kier alpha value is -1.09. The quantitative estimate of drug-likeness (QED) is 0.710. The molecule has 1 unspecified atom stereocenters. The second kappa shape index (κ2) is 8.09. The van der Waals surface area contributed by atoms with Crippen LogP contribution < -0.4 is 10.1 Å². The summed E-state index contributed by atoms with van der Waals surface area (Å²) < 4.78 is 19.1. The Bertz CT molecular complexity index is 354. The van der Waals surface area contributed by atoms with E-state index in [1.807, 2.05) is 0 Å². The molecule has 0 radical (unpaired) electrons. The number of nitrogens with one attached hydrogen (secondary N) is 1. The van der Waals surface area contributed by atoms with Gasteiger partial charge in [0.25, 0.3) is 0 Å². The van der Waals surface area contributed by atoms with E-state index in [-0.39, 0.29) is 11.9 Å². The van der Waals surface area contributed by atoms with Crippen LogP contribution in [0.3, 0.4) is 0 Å². The van der Waals surface area contributed by atoms with Crippen LogP contribution in [0.5, 0.6) is 5.75 Å². The van der Waals surface area contributed by atoms with E-state index >= 15 is 0 Å². The summed E-state index contributed by atoms with van der Waals surface area (Å²) in [5.41, 5.74) is 0.895. The molecule has 0 saturated heterocycles. The predicted molar refractivity (Wildman–Crippen MR) is 73.4 cm³/mol. The third-order valence-electron chi connectivity index (χ3n) is 2.79. The van der Waals surface area contributed by atoms with Crippen molar-refractivity contribution in [3.63, 3.8) is 0 Å². The third-order valence-corrected chi connectivity index (χ3v) is 2.79. The van der Waals surface area contributed by atoms with Gasteiger partial charge < -0.3 is 10.1 Å². The Labute approximate surface area is 110 Å². The minimum atomic E-state index is -0.209. The zero-order valence-corrected chi connectivity index (χ0v) is 11.6. The number of rotatable bonds is 8. The van der Waals surface area contributed by atoms with E-state index in [2.05, 4.69) is 26.1 Å². The van der Waals surface area contributed by atoms with E-state index < -0.39 is 0 Å². The van der Waals surface area contributed by atoms with Gasteiger partial charge in [0.1, 0.15) is 11.6 Å². The topological polar surface area (TPSA) is 21.3 Å².